The molecule has 0 saturated carbocycles. The average molecular weight is 296 g/mol. The minimum absolute atomic E-state index is 0.198. The molecule has 0 fully saturated rings. The van der Waals surface area contributed by atoms with Gasteiger partial charge in [-0.2, -0.15) is 4.98 Å². The van der Waals surface area contributed by atoms with E-state index < -0.39 is 0 Å². The third-order valence-corrected chi connectivity index (χ3v) is 2.86. The van der Waals surface area contributed by atoms with E-state index >= 15 is 0 Å². The van der Waals surface area contributed by atoms with E-state index in [0.717, 1.165) is 13.0 Å². The van der Waals surface area contributed by atoms with Crippen LogP contribution in [0, 0.1) is 12.7 Å². The highest BCUT2D eigenvalue weighted by atomic mass is 35.5. The second kappa shape index (κ2) is 6.52. The molecule has 0 aliphatic heterocycles. The van der Waals surface area contributed by atoms with Crippen LogP contribution in [0.4, 0.5) is 10.3 Å². The number of benzene rings is 1. The first kappa shape index (κ1) is 14.5. The number of nitrogens with zero attached hydrogens (tertiary/aromatic N) is 2. The van der Waals surface area contributed by atoms with Crippen molar-refractivity contribution >= 4 is 17.5 Å². The fourth-order valence-electron chi connectivity index (χ4n) is 1.49. The summed E-state index contributed by atoms with van der Waals surface area (Å²) in [7, 11) is 0. The summed E-state index contributed by atoms with van der Waals surface area (Å²) in [5, 5.41) is 3.30. The number of hydrogen-bond donors (Lipinski definition) is 1. The van der Waals surface area contributed by atoms with Gasteiger partial charge in [0.2, 0.25) is 11.8 Å². The van der Waals surface area contributed by atoms with Gasteiger partial charge in [0.1, 0.15) is 16.6 Å². The molecule has 1 aromatic carbocycles. The maximum Gasteiger partial charge on any atom is 0.243 e. The van der Waals surface area contributed by atoms with Crippen LogP contribution in [0.25, 0.3) is 0 Å². The van der Waals surface area contributed by atoms with Gasteiger partial charge in [-0.15, -0.1) is 0 Å². The van der Waals surface area contributed by atoms with Gasteiger partial charge in [0.25, 0.3) is 0 Å². The second-order valence-electron chi connectivity index (χ2n) is 4.29. The van der Waals surface area contributed by atoms with E-state index in [9.17, 15) is 4.39 Å². The lowest BCUT2D eigenvalue weighted by molar-refractivity contribution is 0.457. The number of hydrogen-bond acceptors (Lipinski definition) is 4. The number of anilines is 1. The molecule has 0 aliphatic rings. The number of ether oxygens (including phenoxy) is 1. The fraction of sp³-hybridized carbons (Fsp3) is 0.286. The predicted molar refractivity (Wildman–Crippen MR) is 77.0 cm³/mol. The van der Waals surface area contributed by atoms with Crippen molar-refractivity contribution in [2.75, 3.05) is 11.9 Å². The van der Waals surface area contributed by atoms with Crippen LogP contribution in [-0.2, 0) is 0 Å². The van der Waals surface area contributed by atoms with E-state index in [2.05, 4.69) is 15.3 Å². The van der Waals surface area contributed by atoms with Crippen LogP contribution in [0.15, 0.2) is 24.4 Å². The van der Waals surface area contributed by atoms with Gasteiger partial charge in [0, 0.05) is 12.6 Å². The molecular weight excluding hydrogens is 281 g/mol. The van der Waals surface area contributed by atoms with Crippen molar-refractivity contribution in [2.24, 2.45) is 0 Å². The zero-order valence-corrected chi connectivity index (χ0v) is 12.0. The topological polar surface area (TPSA) is 47.0 Å². The molecule has 1 aromatic heterocycles. The molecule has 106 valence electrons. The lowest BCUT2D eigenvalue weighted by Crippen LogP contribution is -2.05. The Labute approximate surface area is 122 Å². The molecule has 0 unspecified atom stereocenters. The minimum atomic E-state index is -0.336. The van der Waals surface area contributed by atoms with Crippen molar-refractivity contribution in [3.63, 3.8) is 0 Å². The largest absolute Gasteiger partial charge is 0.437 e. The number of aryl methyl sites for hydroxylation is 1. The van der Waals surface area contributed by atoms with E-state index in [1.165, 1.54) is 12.3 Å². The van der Waals surface area contributed by atoms with Gasteiger partial charge in [0.15, 0.2) is 0 Å². The molecule has 1 N–H and O–H groups in total. The molecule has 0 amide bonds. The monoisotopic (exact) mass is 295 g/mol. The van der Waals surface area contributed by atoms with E-state index in [1.54, 1.807) is 19.1 Å². The molecule has 20 heavy (non-hydrogen) atoms. The van der Waals surface area contributed by atoms with Gasteiger partial charge < -0.3 is 10.1 Å². The van der Waals surface area contributed by atoms with Gasteiger partial charge >= 0.3 is 0 Å². The first-order valence-corrected chi connectivity index (χ1v) is 6.68. The fourth-order valence-corrected chi connectivity index (χ4v) is 1.62. The van der Waals surface area contributed by atoms with Crippen LogP contribution in [-0.4, -0.2) is 16.5 Å². The van der Waals surface area contributed by atoms with Crippen molar-refractivity contribution < 1.29 is 9.13 Å². The van der Waals surface area contributed by atoms with Crippen molar-refractivity contribution in [1.29, 1.82) is 0 Å². The van der Waals surface area contributed by atoms with Crippen LogP contribution >= 0.6 is 11.6 Å². The minimum Gasteiger partial charge on any atom is -0.437 e. The van der Waals surface area contributed by atoms with Crippen molar-refractivity contribution in [3.05, 3.63) is 40.8 Å². The Kier molecular flexibility index (Phi) is 4.74. The van der Waals surface area contributed by atoms with Gasteiger partial charge in [0.05, 0.1) is 6.20 Å². The Morgan fingerprint density at radius 1 is 1.40 bits per heavy atom. The maximum absolute atomic E-state index is 13.5. The molecule has 0 spiro atoms. The molecule has 0 bridgehead atoms. The molecule has 2 aromatic rings. The predicted octanol–water partition coefficient (Wildman–Crippen LogP) is 4.19. The van der Waals surface area contributed by atoms with Gasteiger partial charge in [-0.25, -0.2) is 9.37 Å². The van der Waals surface area contributed by atoms with E-state index in [1.807, 2.05) is 6.92 Å². The molecule has 0 radical (unpaired) electrons. The first-order valence-electron chi connectivity index (χ1n) is 6.30. The van der Waals surface area contributed by atoms with Gasteiger partial charge in [-0.1, -0.05) is 24.6 Å². The normalized spacial score (nSPS) is 10.4. The molecule has 0 saturated heterocycles. The molecule has 0 aliphatic carbocycles. The number of aromatic nitrogens is 2. The van der Waals surface area contributed by atoms with Crippen LogP contribution in [0.5, 0.6) is 11.6 Å². The SMILES string of the molecule is CCCNc1ncc(Cl)c(Oc2ccc(C)c(F)c2)n1. The van der Waals surface area contributed by atoms with Gasteiger partial charge in [-0.3, -0.25) is 0 Å². The Bertz CT molecular complexity index is 607. The highest BCUT2D eigenvalue weighted by Crippen LogP contribution is 2.28. The zero-order valence-electron chi connectivity index (χ0n) is 11.3. The summed E-state index contributed by atoms with van der Waals surface area (Å²) in [6.07, 6.45) is 2.40. The van der Waals surface area contributed by atoms with E-state index in [0.29, 0.717) is 17.3 Å². The molecular formula is C14H15ClFN3O. The van der Waals surface area contributed by atoms with Crippen molar-refractivity contribution in [2.45, 2.75) is 20.3 Å². The lowest BCUT2D eigenvalue weighted by Gasteiger charge is -2.09. The second-order valence-corrected chi connectivity index (χ2v) is 4.69. The summed E-state index contributed by atoms with van der Waals surface area (Å²) in [5.74, 6) is 0.634. The molecule has 2 rings (SSSR count). The molecule has 1 heterocycles. The van der Waals surface area contributed by atoms with E-state index in [-0.39, 0.29) is 16.7 Å². The van der Waals surface area contributed by atoms with Crippen LogP contribution in [0.2, 0.25) is 5.02 Å². The van der Waals surface area contributed by atoms with Crippen LogP contribution in [0.1, 0.15) is 18.9 Å². The lowest BCUT2D eigenvalue weighted by atomic mass is 10.2. The van der Waals surface area contributed by atoms with E-state index in [4.69, 9.17) is 16.3 Å². The third kappa shape index (κ3) is 3.57. The van der Waals surface area contributed by atoms with Crippen molar-refractivity contribution in [1.82, 2.24) is 9.97 Å². The quantitative estimate of drug-likeness (QED) is 0.898. The Morgan fingerprint density at radius 3 is 2.90 bits per heavy atom. The maximum atomic E-state index is 13.5. The summed E-state index contributed by atoms with van der Waals surface area (Å²) in [6, 6.07) is 4.60. The van der Waals surface area contributed by atoms with Crippen LogP contribution in [0.3, 0.4) is 0 Å². The Balaban J connectivity index is 2.20. The smallest absolute Gasteiger partial charge is 0.243 e. The van der Waals surface area contributed by atoms with Crippen LogP contribution < -0.4 is 10.1 Å². The zero-order chi connectivity index (χ0) is 14.5. The summed E-state index contributed by atoms with van der Waals surface area (Å²) < 4.78 is 19.0. The highest BCUT2D eigenvalue weighted by molar-refractivity contribution is 6.31. The summed E-state index contributed by atoms with van der Waals surface area (Å²) in [5.41, 5.74) is 0.552. The third-order valence-electron chi connectivity index (χ3n) is 2.60. The van der Waals surface area contributed by atoms with Crippen molar-refractivity contribution in [3.8, 4) is 11.6 Å². The summed E-state index contributed by atoms with van der Waals surface area (Å²) in [4.78, 5) is 8.20. The molecule has 0 atom stereocenters. The molecule has 6 heteroatoms. The summed E-state index contributed by atoms with van der Waals surface area (Å²) >= 11 is 5.98. The molecule has 4 nitrogen and oxygen atoms in total. The number of rotatable bonds is 5. The standard InChI is InChI=1S/C14H15ClFN3O/c1-3-6-17-14-18-8-11(15)13(19-14)20-10-5-4-9(2)12(16)7-10/h4-5,7-8H,3,6H2,1-2H3,(H,17,18,19). The Hall–Kier alpha value is -1.88. The highest BCUT2D eigenvalue weighted by Gasteiger charge is 2.09. The van der Waals surface area contributed by atoms with Gasteiger partial charge in [-0.05, 0) is 25.0 Å². The summed E-state index contributed by atoms with van der Waals surface area (Å²) in [6.45, 7) is 4.47. The average Bonchev–Trinajstić information content (AvgIpc) is 2.44. The number of halogens is 2. The first-order chi connectivity index (χ1) is 9.60. The Morgan fingerprint density at radius 2 is 2.20 bits per heavy atom. The number of nitrogens with one attached hydrogen (secondary N) is 1.